The SMILES string of the molecule is Cn1c(-c2cnccc2CO[Si](C)(C)C(C)(C)C)c(C#N)c2ccccc21. The molecule has 5 heteroatoms. The highest BCUT2D eigenvalue weighted by molar-refractivity contribution is 6.74. The highest BCUT2D eigenvalue weighted by atomic mass is 28.4. The molecule has 4 nitrogen and oxygen atoms in total. The van der Waals surface area contributed by atoms with E-state index in [-0.39, 0.29) is 5.04 Å². The van der Waals surface area contributed by atoms with Crippen molar-refractivity contribution in [2.24, 2.45) is 7.05 Å². The summed E-state index contributed by atoms with van der Waals surface area (Å²) in [4.78, 5) is 4.33. The molecule has 2 heterocycles. The third-order valence-corrected chi connectivity index (χ3v) is 10.3. The summed E-state index contributed by atoms with van der Waals surface area (Å²) in [5, 5.41) is 11.0. The maximum absolute atomic E-state index is 9.84. The zero-order chi connectivity index (χ0) is 19.8. The molecule has 0 aliphatic carbocycles. The van der Waals surface area contributed by atoms with Crippen LogP contribution in [0.5, 0.6) is 0 Å². The van der Waals surface area contributed by atoms with Crippen molar-refractivity contribution < 1.29 is 4.43 Å². The number of nitrogens with zero attached hydrogens (tertiary/aromatic N) is 3. The second-order valence-corrected chi connectivity index (χ2v) is 13.3. The van der Waals surface area contributed by atoms with Crippen molar-refractivity contribution >= 4 is 19.2 Å². The smallest absolute Gasteiger partial charge is 0.192 e. The van der Waals surface area contributed by atoms with Crippen molar-refractivity contribution in [1.29, 1.82) is 5.26 Å². The number of hydrogen-bond donors (Lipinski definition) is 0. The van der Waals surface area contributed by atoms with Gasteiger partial charge < -0.3 is 8.99 Å². The van der Waals surface area contributed by atoms with E-state index in [1.165, 1.54) is 0 Å². The van der Waals surface area contributed by atoms with Gasteiger partial charge in [0.25, 0.3) is 0 Å². The summed E-state index contributed by atoms with van der Waals surface area (Å²) in [6.45, 7) is 11.8. The highest BCUT2D eigenvalue weighted by Crippen LogP contribution is 2.38. The van der Waals surface area contributed by atoms with Crippen LogP contribution in [0.2, 0.25) is 18.1 Å². The molecule has 0 saturated heterocycles. The van der Waals surface area contributed by atoms with Gasteiger partial charge in [0, 0.05) is 35.9 Å². The van der Waals surface area contributed by atoms with Gasteiger partial charge in [0.05, 0.1) is 17.9 Å². The molecule has 0 saturated carbocycles. The predicted molar refractivity (Wildman–Crippen MR) is 113 cm³/mol. The van der Waals surface area contributed by atoms with Gasteiger partial charge in [-0.25, -0.2) is 0 Å². The van der Waals surface area contributed by atoms with E-state index in [4.69, 9.17) is 4.43 Å². The molecule has 0 amide bonds. The van der Waals surface area contributed by atoms with E-state index in [2.05, 4.69) is 49.5 Å². The van der Waals surface area contributed by atoms with Crippen LogP contribution in [0.3, 0.4) is 0 Å². The average molecular weight is 378 g/mol. The Morgan fingerprint density at radius 2 is 1.89 bits per heavy atom. The molecule has 3 aromatic rings. The average Bonchev–Trinajstić information content (AvgIpc) is 2.91. The van der Waals surface area contributed by atoms with Gasteiger partial charge in [0.15, 0.2) is 8.32 Å². The van der Waals surface area contributed by atoms with Crippen LogP contribution in [0.4, 0.5) is 0 Å². The van der Waals surface area contributed by atoms with Crippen molar-refractivity contribution in [3.8, 4) is 17.3 Å². The van der Waals surface area contributed by atoms with Crippen molar-refractivity contribution in [3.63, 3.8) is 0 Å². The fraction of sp³-hybridized carbons (Fsp3) is 0.364. The van der Waals surface area contributed by atoms with Crippen LogP contribution in [-0.4, -0.2) is 17.9 Å². The van der Waals surface area contributed by atoms with Crippen molar-refractivity contribution in [1.82, 2.24) is 9.55 Å². The summed E-state index contributed by atoms with van der Waals surface area (Å²) in [5.41, 5.74) is 4.67. The number of fused-ring (bicyclic) bond motifs is 1. The monoisotopic (exact) mass is 377 g/mol. The van der Waals surface area contributed by atoms with Crippen LogP contribution in [0.25, 0.3) is 22.2 Å². The molecule has 0 atom stereocenters. The van der Waals surface area contributed by atoms with Gasteiger partial charge in [-0.1, -0.05) is 39.0 Å². The summed E-state index contributed by atoms with van der Waals surface area (Å²) in [7, 11) is 0.133. The molecule has 27 heavy (non-hydrogen) atoms. The second kappa shape index (κ2) is 6.95. The Morgan fingerprint density at radius 3 is 2.56 bits per heavy atom. The molecule has 0 bridgehead atoms. The summed E-state index contributed by atoms with van der Waals surface area (Å²) < 4.78 is 8.53. The lowest BCUT2D eigenvalue weighted by Gasteiger charge is -2.36. The van der Waals surface area contributed by atoms with Crippen LogP contribution in [0.15, 0.2) is 42.7 Å². The molecule has 0 radical (unpaired) electrons. The summed E-state index contributed by atoms with van der Waals surface area (Å²) >= 11 is 0. The number of para-hydroxylation sites is 1. The van der Waals surface area contributed by atoms with Gasteiger partial charge in [-0.3, -0.25) is 4.98 Å². The molecule has 0 spiro atoms. The predicted octanol–water partition coefficient (Wildman–Crippen LogP) is 5.63. The minimum atomic E-state index is -1.87. The molecule has 0 aliphatic rings. The lowest BCUT2D eigenvalue weighted by molar-refractivity contribution is 0.276. The minimum absolute atomic E-state index is 0.150. The first-order valence-corrected chi connectivity index (χ1v) is 12.1. The number of aryl methyl sites for hydroxylation is 1. The van der Waals surface area contributed by atoms with Crippen LogP contribution >= 0.6 is 0 Å². The van der Waals surface area contributed by atoms with E-state index in [0.29, 0.717) is 12.2 Å². The third kappa shape index (κ3) is 3.43. The van der Waals surface area contributed by atoms with E-state index in [0.717, 1.165) is 27.7 Å². The Hall–Kier alpha value is -2.42. The number of rotatable bonds is 4. The van der Waals surface area contributed by atoms with Gasteiger partial charge in [-0.05, 0) is 35.8 Å². The van der Waals surface area contributed by atoms with Gasteiger partial charge in [-0.15, -0.1) is 0 Å². The second-order valence-electron chi connectivity index (χ2n) is 8.49. The summed E-state index contributed by atoms with van der Waals surface area (Å²) in [5.74, 6) is 0. The highest BCUT2D eigenvalue weighted by Gasteiger charge is 2.37. The van der Waals surface area contributed by atoms with Crippen molar-refractivity contribution in [2.45, 2.75) is 45.5 Å². The molecule has 1 aromatic carbocycles. The number of hydrogen-bond acceptors (Lipinski definition) is 3. The number of aromatic nitrogens is 2. The Bertz CT molecular complexity index is 1020. The first kappa shape index (κ1) is 19.3. The molecule has 0 N–H and O–H groups in total. The number of benzene rings is 1. The Balaban J connectivity index is 2.09. The van der Waals surface area contributed by atoms with E-state index >= 15 is 0 Å². The zero-order valence-corrected chi connectivity index (χ0v) is 18.0. The maximum Gasteiger partial charge on any atom is 0.192 e. The van der Waals surface area contributed by atoms with Gasteiger partial charge in [-0.2, -0.15) is 5.26 Å². The molecule has 0 fully saturated rings. The van der Waals surface area contributed by atoms with Crippen LogP contribution < -0.4 is 0 Å². The van der Waals surface area contributed by atoms with Crippen molar-refractivity contribution in [2.75, 3.05) is 0 Å². The van der Waals surface area contributed by atoms with Crippen LogP contribution in [-0.2, 0) is 18.1 Å². The Labute approximate surface area is 162 Å². The van der Waals surface area contributed by atoms with Crippen LogP contribution in [0.1, 0.15) is 31.9 Å². The standard InChI is InChI=1S/C22H27N3OSi/c1-22(2,3)27(5,6)26-15-16-11-12-24-14-19(16)21-18(13-23)17-9-7-8-10-20(17)25(21)4/h7-12,14H,15H2,1-6H3. The summed E-state index contributed by atoms with van der Waals surface area (Å²) in [6, 6.07) is 12.4. The lowest BCUT2D eigenvalue weighted by Crippen LogP contribution is -2.40. The van der Waals surface area contributed by atoms with Crippen molar-refractivity contribution in [3.05, 3.63) is 53.9 Å². The molecular formula is C22H27N3OSi. The third-order valence-electron chi connectivity index (χ3n) is 5.78. The number of nitriles is 1. The zero-order valence-electron chi connectivity index (χ0n) is 17.0. The normalized spacial score (nSPS) is 12.3. The molecule has 2 aromatic heterocycles. The largest absolute Gasteiger partial charge is 0.413 e. The molecule has 140 valence electrons. The minimum Gasteiger partial charge on any atom is -0.413 e. The molecule has 0 unspecified atom stereocenters. The van der Waals surface area contributed by atoms with E-state index in [1.54, 1.807) is 6.20 Å². The first-order valence-electron chi connectivity index (χ1n) is 9.22. The quantitative estimate of drug-likeness (QED) is 0.553. The van der Waals surface area contributed by atoms with Crippen LogP contribution in [0, 0.1) is 11.3 Å². The van der Waals surface area contributed by atoms with E-state index in [1.807, 2.05) is 43.6 Å². The maximum atomic E-state index is 9.84. The van der Waals surface area contributed by atoms with Gasteiger partial charge in [0.2, 0.25) is 0 Å². The Morgan fingerprint density at radius 1 is 1.19 bits per heavy atom. The fourth-order valence-electron chi connectivity index (χ4n) is 3.06. The van der Waals surface area contributed by atoms with E-state index < -0.39 is 8.32 Å². The lowest BCUT2D eigenvalue weighted by atomic mass is 10.0. The molecule has 3 rings (SSSR count). The topological polar surface area (TPSA) is 50.8 Å². The van der Waals surface area contributed by atoms with Gasteiger partial charge >= 0.3 is 0 Å². The fourth-order valence-corrected chi connectivity index (χ4v) is 4.01. The molecule has 0 aliphatic heterocycles. The summed E-state index contributed by atoms with van der Waals surface area (Å²) in [6.07, 6.45) is 3.64. The molecular weight excluding hydrogens is 350 g/mol. The number of pyridine rings is 1. The first-order chi connectivity index (χ1) is 12.7. The Kier molecular flexibility index (Phi) is 4.98. The van der Waals surface area contributed by atoms with Gasteiger partial charge in [0.1, 0.15) is 6.07 Å². The van der Waals surface area contributed by atoms with E-state index in [9.17, 15) is 5.26 Å².